The van der Waals surface area contributed by atoms with Gasteiger partial charge in [0.25, 0.3) is 23.6 Å². The normalized spacial score (nSPS) is 13.0. The number of amides is 4. The van der Waals surface area contributed by atoms with Gasteiger partial charge in [-0.3, -0.25) is 19.2 Å². The van der Waals surface area contributed by atoms with Gasteiger partial charge in [0, 0.05) is 22.4 Å². The number of carbonyl (C=O) groups excluding carboxylic acids is 4. The molecule has 33 heavy (non-hydrogen) atoms. The number of hydrogen-bond acceptors (Lipinski definition) is 4. The van der Waals surface area contributed by atoms with Crippen LogP contribution in [0.2, 0.25) is 0 Å². The summed E-state index contributed by atoms with van der Waals surface area (Å²) in [5, 5.41) is 5.64. The maximum Gasteiger partial charge on any atom is 0.266 e. The van der Waals surface area contributed by atoms with Crippen LogP contribution in [-0.2, 0) is 0 Å². The van der Waals surface area contributed by atoms with Gasteiger partial charge < -0.3 is 10.6 Å². The first kappa shape index (κ1) is 22.0. The molecule has 1 aliphatic rings. The minimum absolute atomic E-state index is 0.219. The first-order chi connectivity index (χ1) is 15.6. The molecule has 0 radical (unpaired) electrons. The van der Waals surface area contributed by atoms with Crippen LogP contribution in [-0.4, -0.2) is 29.2 Å². The molecule has 0 aromatic heterocycles. The van der Waals surface area contributed by atoms with Crippen LogP contribution in [0, 0.1) is 0 Å². The van der Waals surface area contributed by atoms with Crippen molar-refractivity contribution in [1.82, 2.24) is 5.32 Å². The lowest BCUT2D eigenvalue weighted by Crippen LogP contribution is -2.40. The lowest BCUT2D eigenvalue weighted by Gasteiger charge is -2.20. The predicted molar refractivity (Wildman–Crippen MR) is 126 cm³/mol. The number of rotatable bonds is 4. The van der Waals surface area contributed by atoms with Gasteiger partial charge >= 0.3 is 0 Å². The highest BCUT2D eigenvalue weighted by atomic mass is 16.2. The lowest BCUT2D eigenvalue weighted by atomic mass is 10.1. The van der Waals surface area contributed by atoms with E-state index in [0.717, 1.165) is 4.90 Å². The van der Waals surface area contributed by atoms with Gasteiger partial charge in [0.15, 0.2) is 0 Å². The molecule has 0 atom stereocenters. The van der Waals surface area contributed by atoms with Crippen molar-refractivity contribution in [2.45, 2.75) is 26.3 Å². The summed E-state index contributed by atoms with van der Waals surface area (Å²) >= 11 is 0. The first-order valence-electron chi connectivity index (χ1n) is 10.5. The van der Waals surface area contributed by atoms with Crippen molar-refractivity contribution >= 4 is 35.0 Å². The van der Waals surface area contributed by atoms with Gasteiger partial charge in [-0.05, 0) is 75.4 Å². The minimum atomic E-state index is -0.400. The molecule has 2 N–H and O–H groups in total. The highest BCUT2D eigenvalue weighted by Crippen LogP contribution is 2.29. The van der Waals surface area contributed by atoms with Gasteiger partial charge in [-0.15, -0.1) is 0 Å². The van der Waals surface area contributed by atoms with Crippen molar-refractivity contribution < 1.29 is 19.2 Å². The molecule has 1 aliphatic heterocycles. The molecule has 3 aromatic rings. The molecule has 0 saturated carbocycles. The van der Waals surface area contributed by atoms with Gasteiger partial charge in [-0.1, -0.05) is 18.2 Å². The zero-order chi connectivity index (χ0) is 23.8. The molecule has 7 nitrogen and oxygen atoms in total. The average Bonchev–Trinajstić information content (AvgIpc) is 3.03. The lowest BCUT2D eigenvalue weighted by molar-refractivity contribution is 0.0910. The van der Waals surface area contributed by atoms with Crippen molar-refractivity contribution in [3.8, 4) is 0 Å². The monoisotopic (exact) mass is 441 g/mol. The van der Waals surface area contributed by atoms with E-state index in [1.54, 1.807) is 72.8 Å². The summed E-state index contributed by atoms with van der Waals surface area (Å²) in [4.78, 5) is 51.5. The molecule has 0 aliphatic carbocycles. The molecule has 7 heteroatoms. The summed E-state index contributed by atoms with van der Waals surface area (Å²) in [7, 11) is 0. The fourth-order valence-corrected chi connectivity index (χ4v) is 3.54. The van der Waals surface area contributed by atoms with Gasteiger partial charge in [0.1, 0.15) is 0 Å². The highest BCUT2D eigenvalue weighted by molar-refractivity contribution is 6.34. The summed E-state index contributed by atoms with van der Waals surface area (Å²) < 4.78 is 0. The third-order valence-electron chi connectivity index (χ3n) is 5.05. The quantitative estimate of drug-likeness (QED) is 0.591. The Hall–Kier alpha value is -4.26. The summed E-state index contributed by atoms with van der Waals surface area (Å²) in [6, 6.07) is 19.5. The smallest absolute Gasteiger partial charge is 0.266 e. The molecule has 0 spiro atoms. The van der Waals surface area contributed by atoms with Crippen LogP contribution in [0.3, 0.4) is 0 Å². The van der Waals surface area contributed by atoms with E-state index in [2.05, 4.69) is 10.6 Å². The van der Waals surface area contributed by atoms with E-state index < -0.39 is 11.8 Å². The molecule has 4 amide bonds. The molecule has 4 rings (SSSR count). The largest absolute Gasteiger partial charge is 0.347 e. The van der Waals surface area contributed by atoms with Crippen LogP contribution in [0.15, 0.2) is 72.8 Å². The van der Waals surface area contributed by atoms with Crippen LogP contribution < -0.4 is 15.5 Å². The van der Waals surface area contributed by atoms with E-state index in [-0.39, 0.29) is 17.4 Å². The summed E-state index contributed by atoms with van der Waals surface area (Å²) in [5.74, 6) is -1.40. The Morgan fingerprint density at radius 2 is 1.27 bits per heavy atom. The van der Waals surface area contributed by atoms with Gasteiger partial charge in [-0.2, -0.15) is 0 Å². The second-order valence-electron chi connectivity index (χ2n) is 8.78. The molecule has 3 aromatic carbocycles. The zero-order valence-corrected chi connectivity index (χ0v) is 18.5. The molecule has 0 unspecified atom stereocenters. The molecule has 0 saturated heterocycles. The summed E-state index contributed by atoms with van der Waals surface area (Å²) in [6.45, 7) is 5.67. The maximum atomic E-state index is 12.7. The van der Waals surface area contributed by atoms with Crippen molar-refractivity contribution in [3.63, 3.8) is 0 Å². The number of hydrogen-bond donors (Lipinski definition) is 2. The fourth-order valence-electron chi connectivity index (χ4n) is 3.54. The Balaban J connectivity index is 1.49. The third kappa shape index (κ3) is 4.52. The number of fused-ring (bicyclic) bond motifs is 1. The number of anilines is 2. The van der Waals surface area contributed by atoms with Crippen molar-refractivity contribution in [2.75, 3.05) is 10.2 Å². The molecule has 0 fully saturated rings. The first-order valence-corrected chi connectivity index (χ1v) is 10.5. The summed E-state index contributed by atoms with van der Waals surface area (Å²) in [6.07, 6.45) is 0. The number of benzene rings is 3. The Morgan fingerprint density at radius 1 is 0.727 bits per heavy atom. The Bertz CT molecular complexity index is 1240. The average molecular weight is 441 g/mol. The van der Waals surface area contributed by atoms with E-state index in [0.29, 0.717) is 33.6 Å². The van der Waals surface area contributed by atoms with Gasteiger partial charge in [0.05, 0.1) is 16.8 Å². The highest BCUT2D eigenvalue weighted by Gasteiger charge is 2.36. The summed E-state index contributed by atoms with van der Waals surface area (Å²) in [5.41, 5.74) is 1.97. The Kier molecular flexibility index (Phi) is 5.55. The van der Waals surface area contributed by atoms with E-state index in [4.69, 9.17) is 0 Å². The van der Waals surface area contributed by atoms with Crippen LogP contribution in [0.4, 0.5) is 11.4 Å². The van der Waals surface area contributed by atoms with Gasteiger partial charge in [-0.25, -0.2) is 4.90 Å². The SMILES string of the molecule is CC(C)(C)NC(=O)c1ccc(C(=O)Nc2cccc(N3C(=O)c4ccccc4C3=O)c2)cc1. The van der Waals surface area contributed by atoms with Crippen LogP contribution in [0.1, 0.15) is 62.2 Å². The number of nitrogens with one attached hydrogen (secondary N) is 2. The maximum absolute atomic E-state index is 12.7. The van der Waals surface area contributed by atoms with Crippen molar-refractivity contribution in [1.29, 1.82) is 0 Å². The van der Waals surface area contributed by atoms with Crippen LogP contribution in [0.25, 0.3) is 0 Å². The van der Waals surface area contributed by atoms with E-state index >= 15 is 0 Å². The van der Waals surface area contributed by atoms with E-state index in [9.17, 15) is 19.2 Å². The fraction of sp³-hybridized carbons (Fsp3) is 0.154. The van der Waals surface area contributed by atoms with Gasteiger partial charge in [0.2, 0.25) is 0 Å². The van der Waals surface area contributed by atoms with Crippen LogP contribution in [0.5, 0.6) is 0 Å². The predicted octanol–water partition coefficient (Wildman–Crippen LogP) is 4.27. The molecule has 0 bridgehead atoms. The molecule has 166 valence electrons. The molecular weight excluding hydrogens is 418 g/mol. The second kappa shape index (κ2) is 8.35. The van der Waals surface area contributed by atoms with Crippen molar-refractivity contribution in [3.05, 3.63) is 95.1 Å². The van der Waals surface area contributed by atoms with E-state index in [1.807, 2.05) is 20.8 Å². The molecular formula is C26H23N3O4. The van der Waals surface area contributed by atoms with Crippen molar-refractivity contribution in [2.24, 2.45) is 0 Å². The number of nitrogens with zero attached hydrogens (tertiary/aromatic N) is 1. The standard InChI is InChI=1S/C26H23N3O4/c1-26(2,3)28-23(31)17-13-11-16(12-14-17)22(30)27-18-7-6-8-19(15-18)29-24(32)20-9-4-5-10-21(20)25(29)33/h4-15H,1-3H3,(H,27,30)(H,28,31). The zero-order valence-electron chi connectivity index (χ0n) is 18.5. The third-order valence-corrected chi connectivity index (χ3v) is 5.05. The van der Waals surface area contributed by atoms with E-state index in [1.165, 1.54) is 0 Å². The Labute approximate surface area is 191 Å². The second-order valence-corrected chi connectivity index (χ2v) is 8.78. The number of carbonyl (C=O) groups is 4. The minimum Gasteiger partial charge on any atom is -0.347 e. The number of imide groups is 1. The van der Waals surface area contributed by atoms with Crippen LogP contribution >= 0.6 is 0 Å². The molecule has 1 heterocycles. The Morgan fingerprint density at radius 3 is 1.82 bits per heavy atom. The topological polar surface area (TPSA) is 95.6 Å².